The van der Waals surface area contributed by atoms with Crippen molar-refractivity contribution in [1.29, 1.82) is 0 Å². The topological polar surface area (TPSA) is 20.3 Å². The summed E-state index contributed by atoms with van der Waals surface area (Å²) in [4.78, 5) is 14.7. The van der Waals surface area contributed by atoms with E-state index in [1.165, 1.54) is 17.7 Å². The molecule has 2 aromatic rings. The smallest absolute Gasteiger partial charge is 0.298 e. The van der Waals surface area contributed by atoms with Gasteiger partial charge in [0.15, 0.2) is 5.78 Å². The van der Waals surface area contributed by atoms with Crippen LogP contribution in [0.2, 0.25) is 0 Å². The molecule has 24 heavy (non-hydrogen) atoms. The van der Waals surface area contributed by atoms with Gasteiger partial charge in [0.05, 0.1) is 5.56 Å². The molecule has 1 aliphatic rings. The maximum absolute atomic E-state index is 12.8. The SMILES string of the molecule is O=C(c1cccc(C(F)(F)F)c1)C1CCN(Cc2ccccc2)C1. The monoisotopic (exact) mass is 333 g/mol. The minimum absolute atomic E-state index is 0.149. The fourth-order valence-corrected chi connectivity index (χ4v) is 3.12. The highest BCUT2D eigenvalue weighted by Crippen LogP contribution is 2.31. The van der Waals surface area contributed by atoms with Crippen LogP contribution in [0.25, 0.3) is 0 Å². The van der Waals surface area contributed by atoms with Gasteiger partial charge in [-0.1, -0.05) is 42.5 Å². The molecule has 1 saturated heterocycles. The predicted molar refractivity (Wildman–Crippen MR) is 85.6 cm³/mol. The van der Waals surface area contributed by atoms with Crippen LogP contribution >= 0.6 is 0 Å². The van der Waals surface area contributed by atoms with Crippen LogP contribution in [0.15, 0.2) is 54.6 Å². The Morgan fingerprint density at radius 1 is 1.08 bits per heavy atom. The molecule has 2 aromatic carbocycles. The molecule has 0 bridgehead atoms. The van der Waals surface area contributed by atoms with Crippen LogP contribution in [0.1, 0.15) is 27.9 Å². The zero-order valence-corrected chi connectivity index (χ0v) is 13.1. The van der Waals surface area contributed by atoms with E-state index in [1.807, 2.05) is 30.3 Å². The lowest BCUT2D eigenvalue weighted by Gasteiger charge is -2.16. The van der Waals surface area contributed by atoms with Crippen molar-refractivity contribution in [3.05, 3.63) is 71.3 Å². The summed E-state index contributed by atoms with van der Waals surface area (Å²) in [6.45, 7) is 2.13. The highest BCUT2D eigenvalue weighted by molar-refractivity contribution is 5.98. The number of hydrogen-bond donors (Lipinski definition) is 0. The van der Waals surface area contributed by atoms with Crippen LogP contribution in [0, 0.1) is 5.92 Å². The standard InChI is InChI=1S/C19H18F3NO/c20-19(21,22)17-8-4-7-15(11-17)18(24)16-9-10-23(13-16)12-14-5-2-1-3-6-14/h1-8,11,16H,9-10,12-13H2. The number of likely N-dealkylation sites (tertiary alicyclic amines) is 1. The lowest BCUT2D eigenvalue weighted by molar-refractivity contribution is -0.137. The van der Waals surface area contributed by atoms with Crippen molar-refractivity contribution in [2.75, 3.05) is 13.1 Å². The average molecular weight is 333 g/mol. The summed E-state index contributed by atoms with van der Waals surface area (Å²) in [6, 6.07) is 14.7. The molecule has 5 heteroatoms. The summed E-state index contributed by atoms with van der Waals surface area (Å²) < 4.78 is 38.4. The van der Waals surface area contributed by atoms with Crippen LogP contribution < -0.4 is 0 Å². The van der Waals surface area contributed by atoms with E-state index in [2.05, 4.69) is 4.90 Å². The number of ketones is 1. The van der Waals surface area contributed by atoms with Crippen molar-refractivity contribution >= 4 is 5.78 Å². The minimum atomic E-state index is -4.43. The van der Waals surface area contributed by atoms with Crippen LogP contribution in [0.3, 0.4) is 0 Å². The van der Waals surface area contributed by atoms with Crippen LogP contribution in [0.5, 0.6) is 0 Å². The summed E-state index contributed by atoms with van der Waals surface area (Å²) >= 11 is 0. The zero-order chi connectivity index (χ0) is 17.2. The minimum Gasteiger partial charge on any atom is -0.298 e. The number of alkyl halides is 3. The van der Waals surface area contributed by atoms with Gasteiger partial charge in [-0.15, -0.1) is 0 Å². The van der Waals surface area contributed by atoms with Crippen LogP contribution in [-0.2, 0) is 12.7 Å². The van der Waals surface area contributed by atoms with Gasteiger partial charge in [-0.05, 0) is 30.7 Å². The first-order valence-electron chi connectivity index (χ1n) is 7.91. The third kappa shape index (κ3) is 3.85. The van der Waals surface area contributed by atoms with E-state index >= 15 is 0 Å². The van der Waals surface area contributed by atoms with E-state index in [1.54, 1.807) is 0 Å². The number of carbonyl (C=O) groups excluding carboxylic acids is 1. The normalized spacial score (nSPS) is 18.7. The fourth-order valence-electron chi connectivity index (χ4n) is 3.12. The van der Waals surface area contributed by atoms with Gasteiger partial charge in [-0.3, -0.25) is 9.69 Å². The molecule has 1 heterocycles. The number of Topliss-reactive ketones (excluding diaryl/α,β-unsaturated/α-hetero) is 1. The van der Waals surface area contributed by atoms with E-state index < -0.39 is 11.7 Å². The number of carbonyl (C=O) groups is 1. The van der Waals surface area contributed by atoms with Gasteiger partial charge in [-0.25, -0.2) is 0 Å². The van der Waals surface area contributed by atoms with Crippen molar-refractivity contribution in [3.63, 3.8) is 0 Å². The molecule has 1 unspecified atom stereocenters. The third-order valence-electron chi connectivity index (χ3n) is 4.37. The lowest BCUT2D eigenvalue weighted by atomic mass is 9.95. The molecule has 1 aliphatic heterocycles. The maximum Gasteiger partial charge on any atom is 0.416 e. The van der Waals surface area contributed by atoms with Gasteiger partial charge < -0.3 is 0 Å². The molecule has 0 aliphatic carbocycles. The largest absolute Gasteiger partial charge is 0.416 e. The summed E-state index contributed by atoms with van der Waals surface area (Å²) in [5, 5.41) is 0. The molecule has 1 fully saturated rings. The Bertz CT molecular complexity index is 712. The summed E-state index contributed by atoms with van der Waals surface area (Å²) in [5.41, 5.74) is 0.550. The number of nitrogens with zero attached hydrogens (tertiary/aromatic N) is 1. The molecule has 0 N–H and O–H groups in total. The molecule has 126 valence electrons. The Morgan fingerprint density at radius 2 is 1.83 bits per heavy atom. The van der Waals surface area contributed by atoms with Crippen molar-refractivity contribution < 1.29 is 18.0 Å². The molecular weight excluding hydrogens is 315 g/mol. The predicted octanol–water partition coefficient (Wildman–Crippen LogP) is 4.41. The zero-order valence-electron chi connectivity index (χ0n) is 13.1. The first-order valence-corrected chi connectivity index (χ1v) is 7.91. The Morgan fingerprint density at radius 3 is 2.54 bits per heavy atom. The Hall–Kier alpha value is -2.14. The van der Waals surface area contributed by atoms with Crippen LogP contribution in [0.4, 0.5) is 13.2 Å². The molecule has 1 atom stereocenters. The van der Waals surface area contributed by atoms with Gasteiger partial charge in [-0.2, -0.15) is 13.2 Å². The van der Waals surface area contributed by atoms with E-state index in [9.17, 15) is 18.0 Å². The van der Waals surface area contributed by atoms with E-state index in [0.717, 1.165) is 25.2 Å². The number of halogens is 3. The number of hydrogen-bond acceptors (Lipinski definition) is 2. The first kappa shape index (κ1) is 16.7. The Labute approximate surface area is 138 Å². The lowest BCUT2D eigenvalue weighted by Crippen LogP contribution is -2.23. The van der Waals surface area contributed by atoms with Crippen molar-refractivity contribution in [3.8, 4) is 0 Å². The quantitative estimate of drug-likeness (QED) is 0.773. The van der Waals surface area contributed by atoms with Crippen molar-refractivity contribution in [1.82, 2.24) is 4.90 Å². The van der Waals surface area contributed by atoms with Gasteiger partial charge in [0.25, 0.3) is 0 Å². The number of benzene rings is 2. The van der Waals surface area contributed by atoms with Crippen molar-refractivity contribution in [2.24, 2.45) is 5.92 Å². The molecule has 3 rings (SSSR count). The van der Waals surface area contributed by atoms with Crippen molar-refractivity contribution in [2.45, 2.75) is 19.1 Å². The van der Waals surface area contributed by atoms with Gasteiger partial charge >= 0.3 is 6.18 Å². The summed E-state index contributed by atoms with van der Waals surface area (Å²) in [7, 11) is 0. The van der Waals surface area contributed by atoms with E-state index in [0.29, 0.717) is 13.0 Å². The number of rotatable bonds is 4. The molecule has 0 spiro atoms. The van der Waals surface area contributed by atoms with E-state index in [4.69, 9.17) is 0 Å². The van der Waals surface area contributed by atoms with E-state index in [-0.39, 0.29) is 17.3 Å². The molecule has 0 saturated carbocycles. The molecule has 0 radical (unpaired) electrons. The van der Waals surface area contributed by atoms with Crippen LogP contribution in [-0.4, -0.2) is 23.8 Å². The fraction of sp³-hybridized carbons (Fsp3) is 0.316. The first-order chi connectivity index (χ1) is 11.4. The summed E-state index contributed by atoms with van der Waals surface area (Å²) in [5.74, 6) is -0.436. The Kier molecular flexibility index (Phi) is 4.71. The molecule has 0 amide bonds. The molecular formula is C19H18F3NO. The second kappa shape index (κ2) is 6.77. The highest BCUT2D eigenvalue weighted by atomic mass is 19.4. The second-order valence-corrected chi connectivity index (χ2v) is 6.15. The Balaban J connectivity index is 1.66. The second-order valence-electron chi connectivity index (χ2n) is 6.15. The summed E-state index contributed by atoms with van der Waals surface area (Å²) in [6.07, 6.45) is -3.74. The molecule has 0 aromatic heterocycles. The van der Waals surface area contributed by atoms with Gasteiger partial charge in [0, 0.05) is 24.6 Å². The van der Waals surface area contributed by atoms with Gasteiger partial charge in [0.1, 0.15) is 0 Å². The highest BCUT2D eigenvalue weighted by Gasteiger charge is 2.33. The maximum atomic E-state index is 12.8. The molecule has 2 nitrogen and oxygen atoms in total. The van der Waals surface area contributed by atoms with Gasteiger partial charge in [0.2, 0.25) is 0 Å². The third-order valence-corrected chi connectivity index (χ3v) is 4.37. The average Bonchev–Trinajstić information content (AvgIpc) is 3.03.